The summed E-state index contributed by atoms with van der Waals surface area (Å²) in [5, 5.41) is 2.51. The van der Waals surface area contributed by atoms with Gasteiger partial charge < -0.3 is 15.5 Å². The third-order valence-corrected chi connectivity index (χ3v) is 4.07. The summed E-state index contributed by atoms with van der Waals surface area (Å²) in [5.74, 6) is -2.67. The van der Waals surface area contributed by atoms with Crippen molar-refractivity contribution in [2.45, 2.75) is 12.5 Å². The van der Waals surface area contributed by atoms with Crippen LogP contribution in [0.4, 0.5) is 0 Å². The number of hydrogen-bond acceptors (Lipinski definition) is 8. The van der Waals surface area contributed by atoms with E-state index in [1.54, 1.807) is 30.6 Å². The second-order valence-corrected chi connectivity index (χ2v) is 5.82. The molecule has 0 aromatic carbocycles. The Bertz CT molecular complexity index is 923. The first-order valence-corrected chi connectivity index (χ1v) is 8.18. The van der Waals surface area contributed by atoms with Crippen LogP contribution in [-0.4, -0.2) is 37.4 Å². The van der Waals surface area contributed by atoms with Crippen LogP contribution in [0.3, 0.4) is 0 Å². The highest BCUT2D eigenvalue weighted by molar-refractivity contribution is 6.99. The number of primary amides is 1. The summed E-state index contributed by atoms with van der Waals surface area (Å²) in [6.07, 6.45) is 6.03. The number of nitrogens with one attached hydrogen (secondary N) is 1. The highest BCUT2D eigenvalue weighted by Crippen LogP contribution is 2.21. The summed E-state index contributed by atoms with van der Waals surface area (Å²) in [6, 6.07) is 3.86. The zero-order valence-corrected chi connectivity index (χ0v) is 14.1. The van der Waals surface area contributed by atoms with E-state index in [0.29, 0.717) is 16.8 Å². The lowest BCUT2D eigenvalue weighted by molar-refractivity contribution is -0.137. The van der Waals surface area contributed by atoms with Gasteiger partial charge in [-0.25, -0.2) is 0 Å². The zero-order chi connectivity index (χ0) is 18.5. The average molecular weight is 371 g/mol. The van der Waals surface area contributed by atoms with E-state index >= 15 is 0 Å². The topological polar surface area (TPSA) is 141 Å². The molecule has 0 spiro atoms. The minimum Gasteiger partial charge on any atom is -0.472 e. The Morgan fingerprint density at radius 1 is 1.19 bits per heavy atom. The first kappa shape index (κ1) is 17.4. The maximum atomic E-state index is 12.6. The second-order valence-electron chi connectivity index (χ2n) is 5.29. The first-order valence-electron chi connectivity index (χ1n) is 7.45. The number of carbonyl (C=O) groups is 3. The Labute approximate surface area is 151 Å². The van der Waals surface area contributed by atoms with Gasteiger partial charge in [0.1, 0.15) is 11.7 Å². The number of ketones is 1. The van der Waals surface area contributed by atoms with E-state index in [-0.39, 0.29) is 12.1 Å². The number of carbonyl (C=O) groups excluding carboxylic acids is 3. The van der Waals surface area contributed by atoms with Gasteiger partial charge in [0.2, 0.25) is 5.78 Å². The van der Waals surface area contributed by atoms with Crippen LogP contribution in [0.25, 0.3) is 11.3 Å². The number of hydrogen-bond donors (Lipinski definition) is 2. The van der Waals surface area contributed by atoms with Crippen molar-refractivity contribution >= 4 is 29.3 Å². The number of amides is 2. The molecule has 1 atom stereocenters. The molecule has 1 unspecified atom stereocenters. The number of nitrogens with zero attached hydrogens (tertiary/aromatic N) is 3. The number of nitrogens with two attached hydrogens (primary N) is 1. The normalized spacial score (nSPS) is 11.7. The Kier molecular flexibility index (Phi) is 5.13. The summed E-state index contributed by atoms with van der Waals surface area (Å²) in [5.41, 5.74) is 6.79. The molecule has 0 bridgehead atoms. The van der Waals surface area contributed by atoms with Crippen LogP contribution in [0.15, 0.2) is 47.5 Å². The van der Waals surface area contributed by atoms with Crippen LogP contribution in [0, 0.1) is 0 Å². The van der Waals surface area contributed by atoms with Gasteiger partial charge in [0.05, 0.1) is 24.3 Å². The first-order chi connectivity index (χ1) is 12.6. The van der Waals surface area contributed by atoms with E-state index < -0.39 is 23.6 Å². The number of rotatable bonds is 7. The lowest BCUT2D eigenvalue weighted by atomic mass is 10.0. The van der Waals surface area contributed by atoms with Crippen molar-refractivity contribution in [2.24, 2.45) is 5.73 Å². The largest absolute Gasteiger partial charge is 0.472 e. The van der Waals surface area contributed by atoms with Gasteiger partial charge in [-0.2, -0.15) is 8.75 Å². The lowest BCUT2D eigenvalue weighted by Crippen LogP contribution is -2.47. The molecule has 0 aliphatic carbocycles. The number of pyridine rings is 1. The molecule has 0 aliphatic heterocycles. The van der Waals surface area contributed by atoms with Gasteiger partial charge in [-0.05, 0) is 23.8 Å². The highest BCUT2D eigenvalue weighted by atomic mass is 32.1. The molecule has 2 amide bonds. The Morgan fingerprint density at radius 3 is 2.62 bits per heavy atom. The molecule has 3 N–H and O–H groups in total. The summed E-state index contributed by atoms with van der Waals surface area (Å²) in [7, 11) is 0. The third kappa shape index (κ3) is 3.81. The SMILES string of the molecule is NC(=O)C(=O)C(Cc1ccoc1)NC(=O)c1nsnc1-c1ccncc1. The van der Waals surface area contributed by atoms with Crippen LogP contribution in [-0.2, 0) is 16.0 Å². The standard InChI is InChI=1S/C16H13N5O4S/c17-15(23)14(22)11(7-9-3-6-25-8-9)19-16(24)13-12(20-26-21-13)10-1-4-18-5-2-10/h1-6,8,11H,7H2,(H2,17,23)(H,19,24). The van der Waals surface area contributed by atoms with Gasteiger partial charge in [-0.1, -0.05) is 0 Å². The van der Waals surface area contributed by atoms with Gasteiger partial charge >= 0.3 is 0 Å². The maximum Gasteiger partial charge on any atom is 0.287 e. The van der Waals surface area contributed by atoms with Crippen molar-refractivity contribution < 1.29 is 18.8 Å². The van der Waals surface area contributed by atoms with Crippen molar-refractivity contribution in [3.05, 3.63) is 54.4 Å². The molecule has 3 heterocycles. The lowest BCUT2D eigenvalue weighted by Gasteiger charge is -2.15. The minimum atomic E-state index is -1.13. The molecule has 3 aromatic heterocycles. The number of Topliss-reactive ketones (excluding diaryl/α,β-unsaturated/α-hetero) is 1. The molecule has 3 rings (SSSR count). The van der Waals surface area contributed by atoms with Crippen molar-refractivity contribution in [1.82, 2.24) is 19.0 Å². The van der Waals surface area contributed by atoms with E-state index in [0.717, 1.165) is 11.7 Å². The van der Waals surface area contributed by atoms with E-state index in [1.165, 1.54) is 12.5 Å². The molecule has 3 aromatic rings. The zero-order valence-electron chi connectivity index (χ0n) is 13.3. The molecular formula is C16H13N5O4S. The van der Waals surface area contributed by atoms with Crippen LogP contribution < -0.4 is 11.1 Å². The van der Waals surface area contributed by atoms with Crippen molar-refractivity contribution in [1.29, 1.82) is 0 Å². The fourth-order valence-corrected chi connectivity index (χ4v) is 2.85. The summed E-state index contributed by atoms with van der Waals surface area (Å²) in [6.45, 7) is 0. The molecule has 132 valence electrons. The fourth-order valence-electron chi connectivity index (χ4n) is 2.29. The van der Waals surface area contributed by atoms with Gasteiger partial charge in [0.15, 0.2) is 5.69 Å². The summed E-state index contributed by atoms with van der Waals surface area (Å²) < 4.78 is 13.1. The number of aromatic nitrogens is 3. The maximum absolute atomic E-state index is 12.6. The van der Waals surface area contributed by atoms with E-state index in [1.807, 2.05) is 0 Å². The van der Waals surface area contributed by atoms with Crippen molar-refractivity contribution in [3.8, 4) is 11.3 Å². The van der Waals surface area contributed by atoms with Gasteiger partial charge in [-0.3, -0.25) is 19.4 Å². The predicted molar refractivity (Wildman–Crippen MR) is 91.0 cm³/mol. The highest BCUT2D eigenvalue weighted by Gasteiger charge is 2.28. The molecule has 26 heavy (non-hydrogen) atoms. The predicted octanol–water partition coefficient (Wildman–Crippen LogP) is 0.589. The van der Waals surface area contributed by atoms with Crippen LogP contribution in [0.2, 0.25) is 0 Å². The molecule has 0 fully saturated rings. The third-order valence-electron chi connectivity index (χ3n) is 3.54. The molecular weight excluding hydrogens is 358 g/mol. The molecule has 0 aliphatic rings. The van der Waals surface area contributed by atoms with E-state index in [9.17, 15) is 14.4 Å². The van der Waals surface area contributed by atoms with Crippen LogP contribution >= 0.6 is 11.7 Å². The molecule has 10 heteroatoms. The summed E-state index contributed by atoms with van der Waals surface area (Å²) >= 11 is 0.864. The Hall–Kier alpha value is -3.40. The van der Waals surface area contributed by atoms with E-state index in [2.05, 4.69) is 19.0 Å². The second kappa shape index (κ2) is 7.66. The Balaban J connectivity index is 1.83. The van der Waals surface area contributed by atoms with Gasteiger partial charge in [-0.15, -0.1) is 0 Å². The van der Waals surface area contributed by atoms with Crippen LogP contribution in [0.5, 0.6) is 0 Å². The van der Waals surface area contributed by atoms with Crippen molar-refractivity contribution in [3.63, 3.8) is 0 Å². The average Bonchev–Trinajstić information content (AvgIpc) is 3.32. The van der Waals surface area contributed by atoms with Gasteiger partial charge in [0.25, 0.3) is 11.8 Å². The van der Waals surface area contributed by atoms with Gasteiger partial charge in [0, 0.05) is 24.4 Å². The van der Waals surface area contributed by atoms with E-state index in [4.69, 9.17) is 10.2 Å². The molecule has 0 saturated heterocycles. The fraction of sp³-hybridized carbons (Fsp3) is 0.125. The Morgan fingerprint density at radius 2 is 1.96 bits per heavy atom. The smallest absolute Gasteiger partial charge is 0.287 e. The number of furan rings is 1. The van der Waals surface area contributed by atoms with Crippen LogP contribution in [0.1, 0.15) is 16.1 Å². The molecule has 0 radical (unpaired) electrons. The van der Waals surface area contributed by atoms with Crippen molar-refractivity contribution in [2.75, 3.05) is 0 Å². The summed E-state index contributed by atoms with van der Waals surface area (Å²) in [4.78, 5) is 39.9. The molecule has 9 nitrogen and oxygen atoms in total. The quantitative estimate of drug-likeness (QED) is 0.579. The molecule has 0 saturated carbocycles. The monoisotopic (exact) mass is 371 g/mol. The minimum absolute atomic E-state index is 0.0515.